The average Bonchev–Trinajstić information content (AvgIpc) is 2.39. The molecule has 0 fully saturated rings. The summed E-state index contributed by atoms with van der Waals surface area (Å²) in [5.41, 5.74) is 1.08. The molecule has 3 heteroatoms. The van der Waals surface area contributed by atoms with Crippen molar-refractivity contribution < 1.29 is 5.11 Å². The molecular formula is C15H26N2O. The maximum atomic E-state index is 9.24. The zero-order valence-electron chi connectivity index (χ0n) is 11.9. The fourth-order valence-electron chi connectivity index (χ4n) is 2.05. The van der Waals surface area contributed by atoms with Gasteiger partial charge < -0.3 is 15.7 Å². The van der Waals surface area contributed by atoms with Gasteiger partial charge in [-0.25, -0.2) is 0 Å². The van der Waals surface area contributed by atoms with E-state index < -0.39 is 0 Å². The molecule has 0 saturated heterocycles. The number of aliphatic hydroxyl groups excluding tert-OH is 1. The minimum atomic E-state index is -0.219. The van der Waals surface area contributed by atoms with Gasteiger partial charge in [0.1, 0.15) is 0 Å². The van der Waals surface area contributed by atoms with Gasteiger partial charge in [0.15, 0.2) is 0 Å². The van der Waals surface area contributed by atoms with E-state index in [-0.39, 0.29) is 12.1 Å². The van der Waals surface area contributed by atoms with Crippen molar-refractivity contribution >= 4 is 0 Å². The molecule has 1 rings (SSSR count). The maximum absolute atomic E-state index is 9.24. The van der Waals surface area contributed by atoms with Gasteiger partial charge in [-0.3, -0.25) is 0 Å². The van der Waals surface area contributed by atoms with E-state index >= 15 is 0 Å². The van der Waals surface area contributed by atoms with Gasteiger partial charge in [-0.1, -0.05) is 37.3 Å². The van der Waals surface area contributed by atoms with Crippen molar-refractivity contribution in [2.75, 3.05) is 20.2 Å². The van der Waals surface area contributed by atoms with Crippen molar-refractivity contribution in [2.24, 2.45) is 5.92 Å². The lowest BCUT2D eigenvalue weighted by atomic mass is 9.93. The molecule has 0 amide bonds. The molecule has 0 spiro atoms. The lowest BCUT2D eigenvalue weighted by molar-refractivity contribution is 0.180. The SMILES string of the molecule is CNC(c1ccccc1)[C@@H](C)CNC(C)(C)CO. The van der Waals surface area contributed by atoms with Crippen LogP contribution in [-0.2, 0) is 0 Å². The largest absolute Gasteiger partial charge is 0.394 e. The molecule has 2 atom stereocenters. The first-order chi connectivity index (χ1) is 8.50. The van der Waals surface area contributed by atoms with Crippen LogP contribution in [0.15, 0.2) is 30.3 Å². The van der Waals surface area contributed by atoms with Gasteiger partial charge in [0.25, 0.3) is 0 Å². The quantitative estimate of drug-likeness (QED) is 0.693. The van der Waals surface area contributed by atoms with E-state index in [1.165, 1.54) is 5.56 Å². The van der Waals surface area contributed by atoms with Crippen molar-refractivity contribution in [2.45, 2.75) is 32.4 Å². The van der Waals surface area contributed by atoms with E-state index in [1.807, 2.05) is 27.0 Å². The first-order valence-corrected chi connectivity index (χ1v) is 6.58. The molecule has 0 saturated carbocycles. The molecule has 1 unspecified atom stereocenters. The van der Waals surface area contributed by atoms with Crippen molar-refractivity contribution in [1.82, 2.24) is 10.6 Å². The molecule has 3 nitrogen and oxygen atoms in total. The smallest absolute Gasteiger partial charge is 0.0607 e. The molecule has 18 heavy (non-hydrogen) atoms. The Morgan fingerprint density at radius 1 is 1.22 bits per heavy atom. The third kappa shape index (κ3) is 4.41. The molecule has 0 heterocycles. The van der Waals surface area contributed by atoms with Gasteiger partial charge in [-0.15, -0.1) is 0 Å². The zero-order chi connectivity index (χ0) is 13.6. The Balaban J connectivity index is 2.61. The first kappa shape index (κ1) is 15.2. The van der Waals surface area contributed by atoms with Crippen LogP contribution in [0.25, 0.3) is 0 Å². The van der Waals surface area contributed by atoms with Crippen molar-refractivity contribution in [3.63, 3.8) is 0 Å². The summed E-state index contributed by atoms with van der Waals surface area (Å²) in [7, 11) is 1.99. The second-order valence-electron chi connectivity index (χ2n) is 5.58. The van der Waals surface area contributed by atoms with Gasteiger partial charge in [0.2, 0.25) is 0 Å². The fourth-order valence-corrected chi connectivity index (χ4v) is 2.05. The summed E-state index contributed by atoms with van der Waals surface area (Å²) in [6.07, 6.45) is 0. The summed E-state index contributed by atoms with van der Waals surface area (Å²) < 4.78 is 0. The van der Waals surface area contributed by atoms with E-state index in [9.17, 15) is 5.11 Å². The summed E-state index contributed by atoms with van der Waals surface area (Å²) in [5, 5.41) is 16.0. The normalized spacial score (nSPS) is 15.4. The minimum absolute atomic E-state index is 0.148. The van der Waals surface area contributed by atoms with E-state index in [4.69, 9.17) is 0 Å². The molecule has 0 bridgehead atoms. The highest BCUT2D eigenvalue weighted by atomic mass is 16.3. The van der Waals surface area contributed by atoms with Crippen LogP contribution in [0.5, 0.6) is 0 Å². The molecule has 0 aliphatic carbocycles. The Bertz CT molecular complexity index is 338. The Labute approximate surface area is 111 Å². The first-order valence-electron chi connectivity index (χ1n) is 6.58. The third-order valence-electron chi connectivity index (χ3n) is 3.34. The zero-order valence-corrected chi connectivity index (χ0v) is 11.9. The Morgan fingerprint density at radius 3 is 2.33 bits per heavy atom. The number of rotatable bonds is 7. The number of nitrogens with one attached hydrogen (secondary N) is 2. The highest BCUT2D eigenvalue weighted by molar-refractivity contribution is 5.19. The van der Waals surface area contributed by atoms with Crippen molar-refractivity contribution in [3.05, 3.63) is 35.9 Å². The molecular weight excluding hydrogens is 224 g/mol. The van der Waals surface area contributed by atoms with Crippen LogP contribution >= 0.6 is 0 Å². The molecule has 0 aromatic heterocycles. The van der Waals surface area contributed by atoms with Crippen LogP contribution in [0.2, 0.25) is 0 Å². The second kappa shape index (κ2) is 6.88. The predicted molar refractivity (Wildman–Crippen MR) is 76.6 cm³/mol. The molecule has 0 aliphatic rings. The van der Waals surface area contributed by atoms with Crippen molar-refractivity contribution in [3.8, 4) is 0 Å². The maximum Gasteiger partial charge on any atom is 0.0607 e. The molecule has 102 valence electrons. The number of hydrogen-bond acceptors (Lipinski definition) is 3. The number of benzene rings is 1. The standard InChI is InChI=1S/C15H26N2O/c1-12(10-17-15(2,3)11-18)14(16-4)13-8-6-5-7-9-13/h5-9,12,14,16-18H,10-11H2,1-4H3/t12-,14?/m0/s1. The van der Waals surface area contributed by atoms with Crippen LogP contribution in [0.3, 0.4) is 0 Å². The summed E-state index contributed by atoms with van der Waals surface area (Å²) >= 11 is 0. The Morgan fingerprint density at radius 2 is 1.83 bits per heavy atom. The average molecular weight is 250 g/mol. The second-order valence-corrected chi connectivity index (χ2v) is 5.58. The summed E-state index contributed by atoms with van der Waals surface area (Å²) in [6.45, 7) is 7.26. The Kier molecular flexibility index (Phi) is 5.79. The number of aliphatic hydroxyl groups is 1. The van der Waals surface area contributed by atoms with Gasteiger partial charge in [-0.2, -0.15) is 0 Å². The van der Waals surface area contributed by atoms with Crippen LogP contribution < -0.4 is 10.6 Å². The highest BCUT2D eigenvalue weighted by Crippen LogP contribution is 2.21. The Hall–Kier alpha value is -0.900. The summed E-state index contributed by atoms with van der Waals surface area (Å²) in [4.78, 5) is 0. The van der Waals surface area contributed by atoms with E-state index in [1.54, 1.807) is 0 Å². The van der Waals surface area contributed by atoms with Crippen LogP contribution in [0.1, 0.15) is 32.4 Å². The van der Waals surface area contributed by atoms with Crippen molar-refractivity contribution in [1.29, 1.82) is 0 Å². The van der Waals surface area contributed by atoms with E-state index in [0.717, 1.165) is 6.54 Å². The summed E-state index contributed by atoms with van der Waals surface area (Å²) in [5.74, 6) is 0.447. The van der Waals surface area contributed by atoms with Gasteiger partial charge >= 0.3 is 0 Å². The van der Waals surface area contributed by atoms with E-state index in [2.05, 4.69) is 41.8 Å². The molecule has 0 aliphatic heterocycles. The lowest BCUT2D eigenvalue weighted by Crippen LogP contribution is -2.46. The van der Waals surface area contributed by atoms with Crippen LogP contribution in [0, 0.1) is 5.92 Å². The topological polar surface area (TPSA) is 44.3 Å². The lowest BCUT2D eigenvalue weighted by Gasteiger charge is -2.29. The molecule has 1 aromatic carbocycles. The predicted octanol–water partition coefficient (Wildman–Crippen LogP) is 1.94. The van der Waals surface area contributed by atoms with Gasteiger partial charge in [0, 0.05) is 18.1 Å². The fraction of sp³-hybridized carbons (Fsp3) is 0.600. The van der Waals surface area contributed by atoms with E-state index in [0.29, 0.717) is 12.0 Å². The van der Waals surface area contributed by atoms with Gasteiger partial charge in [-0.05, 0) is 32.4 Å². The molecule has 1 aromatic rings. The molecule has 0 radical (unpaired) electrons. The van der Waals surface area contributed by atoms with Crippen LogP contribution in [0.4, 0.5) is 0 Å². The third-order valence-corrected chi connectivity index (χ3v) is 3.34. The minimum Gasteiger partial charge on any atom is -0.394 e. The molecule has 3 N–H and O–H groups in total. The number of hydrogen-bond donors (Lipinski definition) is 3. The monoisotopic (exact) mass is 250 g/mol. The summed E-state index contributed by atoms with van der Waals surface area (Å²) in [6, 6.07) is 10.8. The van der Waals surface area contributed by atoms with Gasteiger partial charge in [0.05, 0.1) is 6.61 Å². The van der Waals surface area contributed by atoms with Crippen LogP contribution in [-0.4, -0.2) is 30.8 Å². The highest BCUT2D eigenvalue weighted by Gasteiger charge is 2.21.